The van der Waals surface area contributed by atoms with Crippen LogP contribution in [0.1, 0.15) is 31.2 Å². The van der Waals surface area contributed by atoms with Crippen LogP contribution in [0.2, 0.25) is 0 Å². The number of carbonyl (C=O) groups excluding carboxylic acids is 3. The van der Waals surface area contributed by atoms with Gasteiger partial charge >= 0.3 is 0 Å². The fourth-order valence-corrected chi connectivity index (χ4v) is 4.44. The molecule has 0 radical (unpaired) electrons. The molecule has 3 aromatic carbocycles. The van der Waals surface area contributed by atoms with Gasteiger partial charge in [0.25, 0.3) is 11.8 Å². The number of rotatable bonds is 11. The van der Waals surface area contributed by atoms with Crippen molar-refractivity contribution in [3.8, 4) is 17.2 Å². The zero-order valence-corrected chi connectivity index (χ0v) is 23.5. The molecule has 9 heteroatoms. The lowest BCUT2D eigenvalue weighted by molar-refractivity contribution is -0.113. The molecule has 0 aliphatic rings. The Kier molecular flexibility index (Phi) is 9.69. The lowest BCUT2D eigenvalue weighted by Crippen LogP contribution is -2.30. The highest BCUT2D eigenvalue weighted by Crippen LogP contribution is 2.35. The second kappa shape index (κ2) is 13.8. The summed E-state index contributed by atoms with van der Waals surface area (Å²) in [6.45, 7) is 0. The summed E-state index contributed by atoms with van der Waals surface area (Å²) in [6.07, 6.45) is 4.76. The smallest absolute Gasteiger partial charge is 0.272 e. The van der Waals surface area contributed by atoms with E-state index >= 15 is 0 Å². The van der Waals surface area contributed by atoms with Crippen LogP contribution in [0.15, 0.2) is 96.0 Å². The first kappa shape index (κ1) is 28.8. The molecule has 1 heterocycles. The molecule has 0 aliphatic carbocycles. The number of thiophene rings is 1. The van der Waals surface area contributed by atoms with E-state index < -0.39 is 11.8 Å². The monoisotopic (exact) mass is 568 g/mol. The van der Waals surface area contributed by atoms with Gasteiger partial charge in [-0.25, -0.2) is 0 Å². The number of hydrogen-bond donors (Lipinski definition) is 2. The van der Waals surface area contributed by atoms with Gasteiger partial charge in [-0.1, -0.05) is 24.3 Å². The van der Waals surface area contributed by atoms with Gasteiger partial charge in [-0.05, 0) is 72.1 Å². The van der Waals surface area contributed by atoms with Crippen LogP contribution < -0.4 is 24.8 Å². The van der Waals surface area contributed by atoms with Crippen LogP contribution in [-0.4, -0.2) is 38.9 Å². The maximum Gasteiger partial charge on any atom is 0.272 e. The van der Waals surface area contributed by atoms with Crippen molar-refractivity contribution in [2.75, 3.05) is 26.6 Å². The SMILES string of the molecule is COc1cc(OC)c(OC)cc1/C=C(\NC(=O)c1ccccc1)C(=O)Nc1ccc(C(=O)/C=C/c2cccs2)cc1. The van der Waals surface area contributed by atoms with Gasteiger partial charge in [0.05, 0.1) is 21.3 Å². The second-order valence-corrected chi connectivity index (χ2v) is 9.55. The molecule has 0 bridgehead atoms. The number of ether oxygens (including phenoxy) is 3. The highest BCUT2D eigenvalue weighted by molar-refractivity contribution is 7.10. The Bertz CT molecular complexity index is 1580. The molecule has 8 nitrogen and oxygen atoms in total. The number of methoxy groups -OCH3 is 3. The number of hydrogen-bond acceptors (Lipinski definition) is 7. The average molecular weight is 569 g/mol. The quantitative estimate of drug-likeness (QED) is 0.168. The molecule has 0 saturated carbocycles. The summed E-state index contributed by atoms with van der Waals surface area (Å²) in [5.41, 5.74) is 1.72. The molecule has 2 amide bonds. The molecule has 0 aliphatic heterocycles. The highest BCUT2D eigenvalue weighted by Gasteiger charge is 2.18. The van der Waals surface area contributed by atoms with Gasteiger partial charge in [0, 0.05) is 33.3 Å². The van der Waals surface area contributed by atoms with Gasteiger partial charge in [-0.3, -0.25) is 14.4 Å². The molecule has 0 unspecified atom stereocenters. The predicted molar refractivity (Wildman–Crippen MR) is 161 cm³/mol. The third kappa shape index (κ3) is 7.49. The predicted octanol–water partition coefficient (Wildman–Crippen LogP) is 6.08. The van der Waals surface area contributed by atoms with Gasteiger partial charge in [0.2, 0.25) is 0 Å². The summed E-state index contributed by atoms with van der Waals surface area (Å²) in [6, 6.07) is 22.1. The first-order chi connectivity index (χ1) is 19.9. The Hall–Kier alpha value is -5.15. The third-order valence-electron chi connectivity index (χ3n) is 5.93. The van der Waals surface area contributed by atoms with E-state index in [0.29, 0.717) is 39.6 Å². The van der Waals surface area contributed by atoms with Crippen molar-refractivity contribution < 1.29 is 28.6 Å². The van der Waals surface area contributed by atoms with Crippen LogP contribution >= 0.6 is 11.3 Å². The Morgan fingerprint density at radius 1 is 0.756 bits per heavy atom. The summed E-state index contributed by atoms with van der Waals surface area (Å²) < 4.78 is 16.2. The van der Waals surface area contributed by atoms with Crippen LogP contribution in [0, 0.1) is 0 Å². The molecule has 1 aromatic heterocycles. The van der Waals surface area contributed by atoms with Gasteiger partial charge < -0.3 is 24.8 Å². The molecule has 41 heavy (non-hydrogen) atoms. The molecule has 208 valence electrons. The van der Waals surface area contributed by atoms with E-state index in [9.17, 15) is 14.4 Å². The van der Waals surface area contributed by atoms with Gasteiger partial charge in [-0.15, -0.1) is 11.3 Å². The topological polar surface area (TPSA) is 103 Å². The van der Waals surface area contributed by atoms with Crippen LogP contribution in [-0.2, 0) is 4.79 Å². The molecular weight excluding hydrogens is 540 g/mol. The van der Waals surface area contributed by atoms with E-state index in [-0.39, 0.29) is 11.5 Å². The molecule has 0 saturated heterocycles. The standard InChI is InChI=1S/C32H28N2O6S/c1-38-28-20-30(40-3)29(39-2)19-23(28)18-26(34-31(36)22-8-5-4-6-9-22)32(37)33-24-13-11-21(12-14-24)27(35)16-15-25-10-7-17-41-25/h4-20H,1-3H3,(H,33,37)(H,34,36)/b16-15+,26-18-. The highest BCUT2D eigenvalue weighted by atomic mass is 32.1. The third-order valence-corrected chi connectivity index (χ3v) is 6.77. The first-order valence-corrected chi connectivity index (χ1v) is 13.3. The van der Waals surface area contributed by atoms with E-state index in [4.69, 9.17) is 14.2 Å². The molecule has 4 rings (SSSR count). The van der Waals surface area contributed by atoms with Gasteiger partial charge in [0.15, 0.2) is 17.3 Å². The number of benzene rings is 3. The van der Waals surface area contributed by atoms with E-state index in [1.165, 1.54) is 44.8 Å². The minimum Gasteiger partial charge on any atom is -0.496 e. The number of allylic oxidation sites excluding steroid dienone is 1. The number of carbonyl (C=O) groups is 3. The van der Waals surface area contributed by atoms with E-state index in [2.05, 4.69) is 10.6 Å². The zero-order valence-electron chi connectivity index (χ0n) is 22.7. The molecule has 0 fully saturated rings. The molecule has 0 spiro atoms. The zero-order chi connectivity index (χ0) is 29.2. The maximum atomic E-state index is 13.4. The van der Waals surface area contributed by atoms with Gasteiger partial charge in [0.1, 0.15) is 11.4 Å². The largest absolute Gasteiger partial charge is 0.496 e. The Morgan fingerprint density at radius 3 is 2.07 bits per heavy atom. The average Bonchev–Trinajstić information content (AvgIpc) is 3.53. The summed E-state index contributed by atoms with van der Waals surface area (Å²) in [5, 5.41) is 7.42. The first-order valence-electron chi connectivity index (χ1n) is 12.5. The van der Waals surface area contributed by atoms with Crippen LogP contribution in [0.25, 0.3) is 12.2 Å². The van der Waals surface area contributed by atoms with Crippen molar-refractivity contribution >= 4 is 46.8 Å². The maximum absolute atomic E-state index is 13.4. The van der Waals surface area contributed by atoms with Crippen molar-refractivity contribution in [2.45, 2.75) is 0 Å². The minimum absolute atomic E-state index is 0.0385. The molecule has 0 atom stereocenters. The van der Waals surface area contributed by atoms with E-state index in [1.54, 1.807) is 72.8 Å². The Balaban J connectivity index is 1.60. The van der Waals surface area contributed by atoms with Crippen molar-refractivity contribution in [3.05, 3.63) is 118 Å². The van der Waals surface area contributed by atoms with E-state index in [0.717, 1.165) is 4.88 Å². The summed E-state index contributed by atoms with van der Waals surface area (Å²) in [4.78, 5) is 40.0. The minimum atomic E-state index is -0.581. The number of ketones is 1. The van der Waals surface area contributed by atoms with Crippen molar-refractivity contribution in [1.29, 1.82) is 0 Å². The van der Waals surface area contributed by atoms with Crippen molar-refractivity contribution in [3.63, 3.8) is 0 Å². The molecule has 4 aromatic rings. The number of amides is 2. The lowest BCUT2D eigenvalue weighted by Gasteiger charge is -2.15. The summed E-state index contributed by atoms with van der Waals surface area (Å²) in [7, 11) is 4.49. The lowest BCUT2D eigenvalue weighted by atomic mass is 10.1. The second-order valence-electron chi connectivity index (χ2n) is 8.57. The van der Waals surface area contributed by atoms with Crippen LogP contribution in [0.3, 0.4) is 0 Å². The Morgan fingerprint density at radius 2 is 1.44 bits per heavy atom. The van der Waals surface area contributed by atoms with E-state index in [1.807, 2.05) is 17.5 Å². The fourth-order valence-electron chi connectivity index (χ4n) is 3.82. The number of anilines is 1. The Labute approximate surface area is 241 Å². The fraction of sp³-hybridized carbons (Fsp3) is 0.0938. The number of nitrogens with one attached hydrogen (secondary N) is 2. The summed E-state index contributed by atoms with van der Waals surface area (Å²) >= 11 is 1.54. The van der Waals surface area contributed by atoms with Crippen LogP contribution in [0.5, 0.6) is 17.2 Å². The molecule has 2 N–H and O–H groups in total. The van der Waals surface area contributed by atoms with Gasteiger partial charge in [-0.2, -0.15) is 0 Å². The normalized spacial score (nSPS) is 11.1. The van der Waals surface area contributed by atoms with Crippen molar-refractivity contribution in [2.24, 2.45) is 0 Å². The summed E-state index contributed by atoms with van der Waals surface area (Å²) in [5.74, 6) is 0.0587. The van der Waals surface area contributed by atoms with Crippen molar-refractivity contribution in [1.82, 2.24) is 5.32 Å². The molecular formula is C32H28N2O6S. The van der Waals surface area contributed by atoms with Crippen LogP contribution in [0.4, 0.5) is 5.69 Å².